The van der Waals surface area contributed by atoms with Gasteiger partial charge in [-0.2, -0.15) is 0 Å². The molecule has 0 spiro atoms. The summed E-state index contributed by atoms with van der Waals surface area (Å²) in [6.45, 7) is 6.64. The number of hydrogen-bond donors (Lipinski definition) is 1. The normalized spacial score (nSPS) is 15.3. The second kappa shape index (κ2) is 6.29. The Morgan fingerprint density at radius 3 is 2.75 bits per heavy atom. The molecule has 3 nitrogen and oxygen atoms in total. The zero-order chi connectivity index (χ0) is 13.8. The SMILES string of the molecule is Cc1ccsc1CNc1ccccc1N1CCOCC1. The summed E-state index contributed by atoms with van der Waals surface area (Å²) in [5.41, 5.74) is 3.86. The molecule has 1 aliphatic rings. The minimum Gasteiger partial charge on any atom is -0.378 e. The molecule has 2 heterocycles. The van der Waals surface area contributed by atoms with Crippen molar-refractivity contribution in [1.82, 2.24) is 0 Å². The summed E-state index contributed by atoms with van der Waals surface area (Å²) in [5, 5.41) is 5.73. The standard InChI is InChI=1S/C16H20N2OS/c1-13-6-11-20-16(13)12-17-14-4-2-3-5-15(14)18-7-9-19-10-8-18/h2-6,11,17H,7-10,12H2,1H3. The Balaban J connectivity index is 1.74. The third kappa shape index (κ3) is 2.97. The second-order valence-electron chi connectivity index (χ2n) is 5.00. The molecular weight excluding hydrogens is 268 g/mol. The fourth-order valence-electron chi connectivity index (χ4n) is 2.46. The number of rotatable bonds is 4. The van der Waals surface area contributed by atoms with Crippen LogP contribution in [0.2, 0.25) is 0 Å². The fourth-order valence-corrected chi connectivity index (χ4v) is 3.31. The Labute approximate surface area is 124 Å². The van der Waals surface area contributed by atoms with Gasteiger partial charge in [0.15, 0.2) is 0 Å². The molecule has 0 saturated carbocycles. The van der Waals surface area contributed by atoms with Crippen LogP contribution in [0.4, 0.5) is 11.4 Å². The third-order valence-corrected chi connectivity index (χ3v) is 4.69. The van der Waals surface area contributed by atoms with Crippen LogP contribution in [0.15, 0.2) is 35.7 Å². The predicted molar refractivity (Wildman–Crippen MR) is 85.9 cm³/mol. The molecule has 4 heteroatoms. The molecule has 3 rings (SSSR count). The van der Waals surface area contributed by atoms with Gasteiger partial charge in [-0.15, -0.1) is 11.3 Å². The summed E-state index contributed by atoms with van der Waals surface area (Å²) in [4.78, 5) is 3.80. The van der Waals surface area contributed by atoms with Gasteiger partial charge in [0.05, 0.1) is 24.6 Å². The molecule has 2 aromatic rings. The zero-order valence-corrected chi connectivity index (χ0v) is 12.6. The number of benzene rings is 1. The van der Waals surface area contributed by atoms with Crippen molar-refractivity contribution in [2.24, 2.45) is 0 Å². The molecule has 0 amide bonds. The van der Waals surface area contributed by atoms with Gasteiger partial charge in [-0.1, -0.05) is 12.1 Å². The van der Waals surface area contributed by atoms with Crippen molar-refractivity contribution in [1.29, 1.82) is 0 Å². The number of nitrogens with zero attached hydrogens (tertiary/aromatic N) is 1. The van der Waals surface area contributed by atoms with E-state index in [1.54, 1.807) is 0 Å². The van der Waals surface area contributed by atoms with Crippen molar-refractivity contribution >= 4 is 22.7 Å². The lowest BCUT2D eigenvalue weighted by Gasteiger charge is -2.30. The van der Waals surface area contributed by atoms with Crippen molar-refractivity contribution in [3.05, 3.63) is 46.2 Å². The van der Waals surface area contributed by atoms with E-state index in [0.29, 0.717) is 0 Å². The van der Waals surface area contributed by atoms with Gasteiger partial charge in [-0.3, -0.25) is 0 Å². The lowest BCUT2D eigenvalue weighted by atomic mass is 10.2. The van der Waals surface area contributed by atoms with Crippen LogP contribution in [0.5, 0.6) is 0 Å². The van der Waals surface area contributed by atoms with Gasteiger partial charge in [-0.25, -0.2) is 0 Å². The van der Waals surface area contributed by atoms with Crippen LogP contribution >= 0.6 is 11.3 Å². The van der Waals surface area contributed by atoms with E-state index in [4.69, 9.17) is 4.74 Å². The van der Waals surface area contributed by atoms with E-state index in [1.165, 1.54) is 21.8 Å². The zero-order valence-electron chi connectivity index (χ0n) is 11.8. The highest BCUT2D eigenvalue weighted by Gasteiger charge is 2.14. The highest BCUT2D eigenvalue weighted by Crippen LogP contribution is 2.27. The average molecular weight is 288 g/mol. The molecule has 1 saturated heterocycles. The van der Waals surface area contributed by atoms with Crippen molar-refractivity contribution in [2.75, 3.05) is 36.5 Å². The monoisotopic (exact) mass is 288 g/mol. The molecule has 1 aromatic heterocycles. The van der Waals surface area contributed by atoms with Crippen molar-refractivity contribution in [3.63, 3.8) is 0 Å². The Kier molecular flexibility index (Phi) is 4.23. The van der Waals surface area contributed by atoms with Crippen LogP contribution < -0.4 is 10.2 Å². The van der Waals surface area contributed by atoms with E-state index in [-0.39, 0.29) is 0 Å². The maximum Gasteiger partial charge on any atom is 0.0642 e. The van der Waals surface area contributed by atoms with Gasteiger partial charge in [0.2, 0.25) is 0 Å². The summed E-state index contributed by atoms with van der Waals surface area (Å²) >= 11 is 1.81. The predicted octanol–water partition coefficient (Wildman–Crippen LogP) is 3.51. The maximum atomic E-state index is 5.44. The Morgan fingerprint density at radius 1 is 1.20 bits per heavy atom. The van der Waals surface area contributed by atoms with Crippen LogP contribution in [0, 0.1) is 6.92 Å². The summed E-state index contributed by atoms with van der Waals surface area (Å²) in [6.07, 6.45) is 0. The molecule has 0 unspecified atom stereocenters. The van der Waals surface area contributed by atoms with E-state index in [2.05, 4.69) is 52.9 Å². The molecule has 0 radical (unpaired) electrons. The summed E-state index contributed by atoms with van der Waals surface area (Å²) in [5.74, 6) is 0. The van der Waals surface area contributed by atoms with Crippen LogP contribution in [0.25, 0.3) is 0 Å². The van der Waals surface area contributed by atoms with Crippen LogP contribution in [0.3, 0.4) is 0 Å². The van der Waals surface area contributed by atoms with Gasteiger partial charge >= 0.3 is 0 Å². The molecule has 0 bridgehead atoms. The molecule has 0 atom stereocenters. The smallest absolute Gasteiger partial charge is 0.0642 e. The minimum absolute atomic E-state index is 0.818. The van der Waals surface area contributed by atoms with Crippen LogP contribution in [0.1, 0.15) is 10.4 Å². The number of para-hydroxylation sites is 2. The van der Waals surface area contributed by atoms with Gasteiger partial charge < -0.3 is 15.0 Å². The van der Waals surface area contributed by atoms with Crippen molar-refractivity contribution < 1.29 is 4.74 Å². The number of thiophene rings is 1. The lowest BCUT2D eigenvalue weighted by Crippen LogP contribution is -2.36. The van der Waals surface area contributed by atoms with Gasteiger partial charge in [-0.05, 0) is 36.1 Å². The molecule has 1 fully saturated rings. The largest absolute Gasteiger partial charge is 0.378 e. The topological polar surface area (TPSA) is 24.5 Å². The number of ether oxygens (including phenoxy) is 1. The van der Waals surface area contributed by atoms with Crippen molar-refractivity contribution in [3.8, 4) is 0 Å². The first-order valence-corrected chi connectivity index (χ1v) is 7.91. The number of anilines is 2. The van der Waals surface area contributed by atoms with Gasteiger partial charge in [0, 0.05) is 24.5 Å². The van der Waals surface area contributed by atoms with E-state index in [9.17, 15) is 0 Å². The van der Waals surface area contributed by atoms with E-state index in [0.717, 1.165) is 32.8 Å². The molecule has 1 aromatic carbocycles. The van der Waals surface area contributed by atoms with Gasteiger partial charge in [0.25, 0.3) is 0 Å². The number of morpholine rings is 1. The number of nitrogens with one attached hydrogen (secondary N) is 1. The lowest BCUT2D eigenvalue weighted by molar-refractivity contribution is 0.123. The van der Waals surface area contributed by atoms with Crippen molar-refractivity contribution in [2.45, 2.75) is 13.5 Å². The number of aryl methyl sites for hydroxylation is 1. The number of hydrogen-bond acceptors (Lipinski definition) is 4. The van der Waals surface area contributed by atoms with Crippen LogP contribution in [-0.2, 0) is 11.3 Å². The third-order valence-electron chi connectivity index (χ3n) is 3.66. The molecule has 1 N–H and O–H groups in total. The highest BCUT2D eigenvalue weighted by atomic mass is 32.1. The Morgan fingerprint density at radius 2 is 2.00 bits per heavy atom. The molecule has 106 valence electrons. The fraction of sp³-hybridized carbons (Fsp3) is 0.375. The molecule has 20 heavy (non-hydrogen) atoms. The van der Waals surface area contributed by atoms with E-state index < -0.39 is 0 Å². The first-order valence-electron chi connectivity index (χ1n) is 7.03. The minimum atomic E-state index is 0.818. The summed E-state index contributed by atoms with van der Waals surface area (Å²) in [7, 11) is 0. The summed E-state index contributed by atoms with van der Waals surface area (Å²) < 4.78 is 5.44. The second-order valence-corrected chi connectivity index (χ2v) is 6.00. The first-order chi connectivity index (χ1) is 9.84. The Hall–Kier alpha value is -1.52. The average Bonchev–Trinajstić information content (AvgIpc) is 2.92. The first kappa shape index (κ1) is 13.5. The molecule has 0 aliphatic carbocycles. The maximum absolute atomic E-state index is 5.44. The van der Waals surface area contributed by atoms with Gasteiger partial charge in [0.1, 0.15) is 0 Å². The highest BCUT2D eigenvalue weighted by molar-refractivity contribution is 7.10. The molecular formula is C16H20N2OS. The van der Waals surface area contributed by atoms with E-state index >= 15 is 0 Å². The van der Waals surface area contributed by atoms with E-state index in [1.807, 2.05) is 11.3 Å². The summed E-state index contributed by atoms with van der Waals surface area (Å²) in [6, 6.07) is 10.7. The Bertz CT molecular complexity index is 561. The van der Waals surface area contributed by atoms with Crippen LogP contribution in [-0.4, -0.2) is 26.3 Å². The molecule has 1 aliphatic heterocycles. The quantitative estimate of drug-likeness (QED) is 0.932.